The lowest BCUT2D eigenvalue weighted by atomic mass is 9.73. The highest BCUT2D eigenvalue weighted by molar-refractivity contribution is 5.87. The number of alkyl carbamates (subject to hydrolysis) is 1. The molecule has 1 aromatic heterocycles. The SMILES string of the molecule is C=C[C@H]1CN2CC[C@H]1C[C@H]2[C@H](OC(=O)NCCOC(=O)C(=C)C)c1ccnc2ccc(OC)cc12. The molecule has 0 aliphatic carbocycles. The van der Waals surface area contributed by atoms with Crippen LogP contribution in [0.25, 0.3) is 10.9 Å². The summed E-state index contributed by atoms with van der Waals surface area (Å²) < 4.78 is 16.6. The fourth-order valence-electron chi connectivity index (χ4n) is 5.14. The van der Waals surface area contributed by atoms with Crippen LogP contribution in [0.4, 0.5) is 4.79 Å². The summed E-state index contributed by atoms with van der Waals surface area (Å²) >= 11 is 0. The lowest BCUT2D eigenvalue weighted by molar-refractivity contribution is -0.138. The van der Waals surface area contributed by atoms with E-state index in [1.807, 2.05) is 24.3 Å². The van der Waals surface area contributed by atoms with Crippen LogP contribution in [0, 0.1) is 11.8 Å². The quantitative estimate of drug-likeness (QED) is 0.251. The van der Waals surface area contributed by atoms with E-state index in [2.05, 4.69) is 34.4 Å². The number of hydrogen-bond donors (Lipinski definition) is 1. The molecule has 35 heavy (non-hydrogen) atoms. The Bertz CT molecular complexity index is 1120. The summed E-state index contributed by atoms with van der Waals surface area (Å²) in [5.41, 5.74) is 2.02. The summed E-state index contributed by atoms with van der Waals surface area (Å²) in [6.07, 6.45) is 4.77. The van der Waals surface area contributed by atoms with Crippen molar-refractivity contribution in [3.05, 3.63) is 60.8 Å². The van der Waals surface area contributed by atoms with Crippen molar-refractivity contribution < 1.29 is 23.8 Å². The van der Waals surface area contributed by atoms with E-state index in [-0.39, 0.29) is 19.2 Å². The van der Waals surface area contributed by atoms with Gasteiger partial charge in [-0.15, -0.1) is 6.58 Å². The number of methoxy groups -OCH3 is 1. The molecule has 3 aliphatic rings. The third-order valence-corrected chi connectivity index (χ3v) is 6.98. The molecule has 0 saturated carbocycles. The molecule has 1 aromatic carbocycles. The van der Waals surface area contributed by atoms with Crippen LogP contribution in [-0.4, -0.2) is 61.3 Å². The van der Waals surface area contributed by atoms with Crippen LogP contribution in [0.3, 0.4) is 0 Å². The molecule has 1 unspecified atom stereocenters. The van der Waals surface area contributed by atoms with Gasteiger partial charge in [0, 0.05) is 29.3 Å². The number of nitrogens with one attached hydrogen (secondary N) is 1. The van der Waals surface area contributed by atoms with E-state index in [9.17, 15) is 9.59 Å². The number of rotatable bonds is 9. The molecule has 3 saturated heterocycles. The van der Waals surface area contributed by atoms with Gasteiger partial charge in [0.1, 0.15) is 18.5 Å². The van der Waals surface area contributed by atoms with Crippen LogP contribution in [0.15, 0.2) is 55.3 Å². The zero-order chi connectivity index (χ0) is 24.9. The van der Waals surface area contributed by atoms with E-state index < -0.39 is 18.2 Å². The Hall–Kier alpha value is -3.39. The number of aromatic nitrogens is 1. The monoisotopic (exact) mass is 479 g/mol. The maximum Gasteiger partial charge on any atom is 0.407 e. The molecule has 4 heterocycles. The molecule has 3 fully saturated rings. The number of carbonyl (C=O) groups excluding carboxylic acids is 2. The van der Waals surface area contributed by atoms with Gasteiger partial charge in [0.2, 0.25) is 0 Å². The number of esters is 1. The van der Waals surface area contributed by atoms with E-state index in [0.29, 0.717) is 23.2 Å². The Labute approximate surface area is 205 Å². The number of carbonyl (C=O) groups is 2. The van der Waals surface area contributed by atoms with Crippen molar-refractivity contribution in [2.75, 3.05) is 33.4 Å². The molecular weight excluding hydrogens is 446 g/mol. The lowest BCUT2D eigenvalue weighted by Gasteiger charge is -2.51. The number of ether oxygens (including phenoxy) is 3. The van der Waals surface area contributed by atoms with Crippen molar-refractivity contribution in [1.29, 1.82) is 0 Å². The molecule has 186 valence electrons. The minimum atomic E-state index is -0.558. The average molecular weight is 480 g/mol. The summed E-state index contributed by atoms with van der Waals surface area (Å²) in [5.74, 6) is 1.19. The lowest BCUT2D eigenvalue weighted by Crippen LogP contribution is -2.55. The van der Waals surface area contributed by atoms with Gasteiger partial charge in [-0.1, -0.05) is 12.7 Å². The molecule has 0 spiro atoms. The van der Waals surface area contributed by atoms with Crippen LogP contribution in [0.2, 0.25) is 0 Å². The van der Waals surface area contributed by atoms with E-state index >= 15 is 0 Å². The molecule has 2 bridgehead atoms. The molecule has 8 nitrogen and oxygen atoms in total. The van der Waals surface area contributed by atoms with E-state index in [4.69, 9.17) is 14.2 Å². The molecule has 3 aliphatic heterocycles. The van der Waals surface area contributed by atoms with Crippen molar-refractivity contribution in [3.8, 4) is 5.75 Å². The number of piperidine rings is 3. The Morgan fingerprint density at radius 1 is 1.34 bits per heavy atom. The zero-order valence-corrected chi connectivity index (χ0v) is 20.4. The first kappa shape index (κ1) is 24.7. The third-order valence-electron chi connectivity index (χ3n) is 6.98. The smallest absolute Gasteiger partial charge is 0.407 e. The molecule has 2 aromatic rings. The second-order valence-electron chi connectivity index (χ2n) is 9.20. The summed E-state index contributed by atoms with van der Waals surface area (Å²) in [5, 5.41) is 3.60. The zero-order valence-electron chi connectivity index (χ0n) is 20.4. The Balaban J connectivity index is 1.57. The van der Waals surface area contributed by atoms with Crippen LogP contribution in [0.1, 0.15) is 31.4 Å². The minimum Gasteiger partial charge on any atom is -0.497 e. The van der Waals surface area contributed by atoms with E-state index in [0.717, 1.165) is 42.4 Å². The van der Waals surface area contributed by atoms with Gasteiger partial charge in [0.05, 0.1) is 25.2 Å². The normalized spacial score (nSPS) is 23.8. The highest BCUT2D eigenvalue weighted by Crippen LogP contribution is 2.43. The van der Waals surface area contributed by atoms with Gasteiger partial charge in [-0.05, 0) is 62.4 Å². The average Bonchev–Trinajstić information content (AvgIpc) is 2.89. The molecular formula is C27H33N3O5. The third kappa shape index (κ3) is 5.48. The maximum atomic E-state index is 12.9. The van der Waals surface area contributed by atoms with Gasteiger partial charge in [-0.2, -0.15) is 0 Å². The number of pyridine rings is 1. The first-order valence-electron chi connectivity index (χ1n) is 12.0. The first-order valence-corrected chi connectivity index (χ1v) is 12.0. The number of nitrogens with zero attached hydrogens (tertiary/aromatic N) is 2. The van der Waals surface area contributed by atoms with Crippen LogP contribution >= 0.6 is 0 Å². The molecule has 5 atom stereocenters. The van der Waals surface area contributed by atoms with Crippen LogP contribution in [-0.2, 0) is 14.3 Å². The van der Waals surface area contributed by atoms with Gasteiger partial charge < -0.3 is 19.5 Å². The molecule has 8 heteroatoms. The highest BCUT2D eigenvalue weighted by atomic mass is 16.6. The van der Waals surface area contributed by atoms with Crippen molar-refractivity contribution in [2.24, 2.45) is 11.8 Å². The number of amides is 1. The standard InChI is InChI=1S/C27H33N3O5/c1-5-18-16-30-12-9-19(18)14-24(30)25(35-27(32)29-11-13-34-26(31)17(2)3)21-8-10-28-23-7-6-20(33-4)15-22(21)23/h5-8,10,15,18-19,24-25H,1-2,9,11-14,16H2,3-4H3,(H,29,32)/t18-,19-,24-,25+/m0/s1. The summed E-state index contributed by atoms with van der Waals surface area (Å²) in [6.45, 7) is 11.2. The largest absolute Gasteiger partial charge is 0.497 e. The van der Waals surface area contributed by atoms with Crippen molar-refractivity contribution in [1.82, 2.24) is 15.2 Å². The predicted octanol–water partition coefficient (Wildman–Crippen LogP) is 4.03. The van der Waals surface area contributed by atoms with E-state index in [1.54, 1.807) is 20.2 Å². The fourth-order valence-corrected chi connectivity index (χ4v) is 5.14. The molecule has 5 rings (SSSR count). The van der Waals surface area contributed by atoms with Gasteiger partial charge in [-0.25, -0.2) is 9.59 Å². The first-order chi connectivity index (χ1) is 16.9. The van der Waals surface area contributed by atoms with E-state index in [1.165, 1.54) is 0 Å². The second kappa shape index (κ2) is 10.9. The van der Waals surface area contributed by atoms with Crippen LogP contribution < -0.4 is 10.1 Å². The fraction of sp³-hybridized carbons (Fsp3) is 0.444. The van der Waals surface area contributed by atoms with Gasteiger partial charge in [0.25, 0.3) is 0 Å². The van der Waals surface area contributed by atoms with Crippen molar-refractivity contribution >= 4 is 23.0 Å². The Morgan fingerprint density at radius 2 is 2.17 bits per heavy atom. The summed E-state index contributed by atoms with van der Waals surface area (Å²) in [7, 11) is 1.63. The number of hydrogen-bond acceptors (Lipinski definition) is 7. The summed E-state index contributed by atoms with van der Waals surface area (Å²) in [4.78, 5) is 31.3. The van der Waals surface area contributed by atoms with Gasteiger partial charge in [0.15, 0.2) is 0 Å². The Kier molecular flexibility index (Phi) is 7.70. The molecule has 1 N–H and O–H groups in total. The second-order valence-corrected chi connectivity index (χ2v) is 9.20. The van der Waals surface area contributed by atoms with Crippen LogP contribution in [0.5, 0.6) is 5.75 Å². The summed E-state index contributed by atoms with van der Waals surface area (Å²) in [6, 6.07) is 7.67. The highest BCUT2D eigenvalue weighted by Gasteiger charge is 2.44. The Morgan fingerprint density at radius 3 is 2.86 bits per heavy atom. The number of fused-ring (bicyclic) bond motifs is 4. The van der Waals surface area contributed by atoms with Gasteiger partial charge >= 0.3 is 12.1 Å². The number of benzene rings is 1. The molecule has 0 radical (unpaired) electrons. The maximum absolute atomic E-state index is 12.9. The van der Waals surface area contributed by atoms with Crippen molar-refractivity contribution in [3.63, 3.8) is 0 Å². The van der Waals surface area contributed by atoms with Crippen molar-refractivity contribution in [2.45, 2.75) is 31.9 Å². The molecule has 1 amide bonds. The topological polar surface area (TPSA) is 90.0 Å². The predicted molar refractivity (Wildman–Crippen MR) is 133 cm³/mol. The minimum absolute atomic E-state index is 0.0359. The van der Waals surface area contributed by atoms with Gasteiger partial charge in [-0.3, -0.25) is 9.88 Å².